The van der Waals surface area contributed by atoms with Crippen LogP contribution in [0.4, 0.5) is 0 Å². The summed E-state index contributed by atoms with van der Waals surface area (Å²) in [6.45, 7) is 3.95. The van der Waals surface area contributed by atoms with E-state index < -0.39 is 6.61 Å². The van der Waals surface area contributed by atoms with Crippen LogP contribution in [0.1, 0.15) is 19.4 Å². The van der Waals surface area contributed by atoms with Gasteiger partial charge < -0.3 is 19.9 Å². The van der Waals surface area contributed by atoms with Gasteiger partial charge in [0.1, 0.15) is 6.61 Å². The lowest BCUT2D eigenvalue weighted by Gasteiger charge is -2.26. The summed E-state index contributed by atoms with van der Waals surface area (Å²) in [7, 11) is 3.17. The van der Waals surface area contributed by atoms with Gasteiger partial charge in [-0.3, -0.25) is 4.79 Å². The van der Waals surface area contributed by atoms with Gasteiger partial charge in [-0.25, -0.2) is 0 Å². The topological polar surface area (TPSA) is 67.8 Å². The first-order valence-electron chi connectivity index (χ1n) is 6.04. The van der Waals surface area contributed by atoms with Crippen molar-refractivity contribution in [2.75, 3.05) is 27.4 Å². The van der Waals surface area contributed by atoms with Crippen LogP contribution in [0.3, 0.4) is 0 Å². The Labute approximate surface area is 113 Å². The number of amides is 1. The quantitative estimate of drug-likeness (QED) is 0.809. The van der Waals surface area contributed by atoms with Crippen LogP contribution in [0.2, 0.25) is 0 Å². The van der Waals surface area contributed by atoms with Crippen LogP contribution >= 0.6 is 0 Å². The highest BCUT2D eigenvalue weighted by Crippen LogP contribution is 2.32. The van der Waals surface area contributed by atoms with Crippen molar-refractivity contribution < 1.29 is 19.4 Å². The normalized spacial score (nSPS) is 11.0. The van der Waals surface area contributed by atoms with E-state index in [1.807, 2.05) is 32.0 Å². The van der Waals surface area contributed by atoms with Crippen LogP contribution in [0.15, 0.2) is 18.2 Å². The predicted molar refractivity (Wildman–Crippen MR) is 72.7 cm³/mol. The Morgan fingerprint density at radius 1 is 1.26 bits per heavy atom. The second-order valence-electron chi connectivity index (χ2n) is 4.89. The van der Waals surface area contributed by atoms with E-state index in [0.717, 1.165) is 5.56 Å². The molecule has 0 heterocycles. The molecule has 0 bridgehead atoms. The van der Waals surface area contributed by atoms with Crippen molar-refractivity contribution in [3.63, 3.8) is 0 Å². The van der Waals surface area contributed by atoms with E-state index in [1.54, 1.807) is 14.2 Å². The summed E-state index contributed by atoms with van der Waals surface area (Å²) in [5, 5.41) is 11.4. The average molecular weight is 267 g/mol. The monoisotopic (exact) mass is 267 g/mol. The highest BCUT2D eigenvalue weighted by Gasteiger charge is 2.22. The summed E-state index contributed by atoms with van der Waals surface area (Å²) in [6.07, 6.45) is 0. The van der Waals surface area contributed by atoms with Gasteiger partial charge in [-0.1, -0.05) is 19.9 Å². The van der Waals surface area contributed by atoms with Crippen LogP contribution in [0, 0.1) is 0 Å². The second-order valence-corrected chi connectivity index (χ2v) is 4.89. The third kappa shape index (κ3) is 3.86. The standard InChI is InChI=1S/C14H21NO4/c1-14(2,9-15-13(17)8-16)10-5-6-11(18-3)12(7-10)19-4/h5-7,16H,8-9H2,1-4H3,(H,15,17). The highest BCUT2D eigenvalue weighted by atomic mass is 16.5. The first-order chi connectivity index (χ1) is 8.94. The Hall–Kier alpha value is -1.75. The van der Waals surface area contributed by atoms with Crippen LogP contribution in [-0.2, 0) is 10.2 Å². The Bertz CT molecular complexity index is 443. The molecule has 1 amide bonds. The fourth-order valence-electron chi connectivity index (χ4n) is 1.73. The first-order valence-corrected chi connectivity index (χ1v) is 6.04. The molecule has 0 saturated heterocycles. The van der Waals surface area contributed by atoms with Gasteiger partial charge in [0.05, 0.1) is 14.2 Å². The minimum absolute atomic E-state index is 0.273. The molecule has 0 spiro atoms. The SMILES string of the molecule is COc1ccc(C(C)(C)CNC(=O)CO)cc1OC. The van der Waals surface area contributed by atoms with Gasteiger partial charge in [-0.15, -0.1) is 0 Å². The molecule has 0 saturated carbocycles. The molecule has 0 aliphatic heterocycles. The van der Waals surface area contributed by atoms with Gasteiger partial charge in [0.2, 0.25) is 5.91 Å². The number of rotatable bonds is 6. The lowest BCUT2D eigenvalue weighted by atomic mass is 9.84. The maximum Gasteiger partial charge on any atom is 0.245 e. The molecule has 19 heavy (non-hydrogen) atoms. The van der Waals surface area contributed by atoms with Gasteiger partial charge in [0, 0.05) is 12.0 Å². The summed E-state index contributed by atoms with van der Waals surface area (Å²) >= 11 is 0. The van der Waals surface area contributed by atoms with E-state index in [1.165, 1.54) is 0 Å². The molecule has 0 aromatic heterocycles. The number of carbonyl (C=O) groups is 1. The van der Waals surface area contributed by atoms with Crippen molar-refractivity contribution in [1.29, 1.82) is 0 Å². The number of ether oxygens (including phenoxy) is 2. The van der Waals surface area contributed by atoms with E-state index in [0.29, 0.717) is 18.0 Å². The number of benzene rings is 1. The van der Waals surface area contributed by atoms with Crippen molar-refractivity contribution >= 4 is 5.91 Å². The molecular formula is C14H21NO4. The van der Waals surface area contributed by atoms with Crippen molar-refractivity contribution in [3.8, 4) is 11.5 Å². The Morgan fingerprint density at radius 3 is 2.42 bits per heavy atom. The molecule has 0 unspecified atom stereocenters. The van der Waals surface area contributed by atoms with Gasteiger partial charge >= 0.3 is 0 Å². The summed E-state index contributed by atoms with van der Waals surface area (Å²) in [4.78, 5) is 11.1. The molecule has 106 valence electrons. The Kier molecular flexibility index (Phi) is 5.18. The van der Waals surface area contributed by atoms with Gasteiger partial charge in [0.25, 0.3) is 0 Å². The third-order valence-corrected chi connectivity index (χ3v) is 3.04. The van der Waals surface area contributed by atoms with Crippen LogP contribution in [-0.4, -0.2) is 38.4 Å². The van der Waals surface area contributed by atoms with E-state index in [9.17, 15) is 4.79 Å². The summed E-state index contributed by atoms with van der Waals surface area (Å²) in [5.41, 5.74) is 0.744. The molecule has 5 nitrogen and oxygen atoms in total. The van der Waals surface area contributed by atoms with Crippen molar-refractivity contribution in [2.45, 2.75) is 19.3 Å². The Morgan fingerprint density at radius 2 is 1.89 bits per heavy atom. The number of carbonyl (C=O) groups excluding carboxylic acids is 1. The van der Waals surface area contributed by atoms with Crippen LogP contribution in [0.25, 0.3) is 0 Å². The van der Waals surface area contributed by atoms with E-state index in [-0.39, 0.29) is 11.3 Å². The van der Waals surface area contributed by atoms with Gasteiger partial charge in [-0.2, -0.15) is 0 Å². The zero-order valence-corrected chi connectivity index (χ0v) is 11.8. The smallest absolute Gasteiger partial charge is 0.245 e. The van der Waals surface area contributed by atoms with Crippen molar-refractivity contribution in [1.82, 2.24) is 5.32 Å². The summed E-state index contributed by atoms with van der Waals surface area (Å²) in [5.74, 6) is 0.941. The number of hydrogen-bond acceptors (Lipinski definition) is 4. The number of aliphatic hydroxyl groups excluding tert-OH is 1. The maximum absolute atomic E-state index is 11.1. The van der Waals surface area contributed by atoms with E-state index in [4.69, 9.17) is 14.6 Å². The molecule has 0 aliphatic rings. The maximum atomic E-state index is 11.1. The molecule has 1 aromatic carbocycles. The fourth-order valence-corrected chi connectivity index (χ4v) is 1.73. The third-order valence-electron chi connectivity index (χ3n) is 3.04. The zero-order valence-electron chi connectivity index (χ0n) is 11.8. The molecule has 5 heteroatoms. The molecule has 0 radical (unpaired) electrons. The van der Waals surface area contributed by atoms with Crippen LogP contribution < -0.4 is 14.8 Å². The summed E-state index contributed by atoms with van der Waals surface area (Å²) in [6, 6.07) is 5.67. The fraction of sp³-hybridized carbons (Fsp3) is 0.500. The van der Waals surface area contributed by atoms with Gasteiger partial charge in [0.15, 0.2) is 11.5 Å². The number of nitrogens with one attached hydrogen (secondary N) is 1. The largest absolute Gasteiger partial charge is 0.493 e. The van der Waals surface area contributed by atoms with E-state index >= 15 is 0 Å². The molecule has 1 rings (SSSR count). The molecule has 0 aliphatic carbocycles. The summed E-state index contributed by atoms with van der Waals surface area (Å²) < 4.78 is 10.5. The minimum atomic E-state index is -0.498. The minimum Gasteiger partial charge on any atom is -0.493 e. The van der Waals surface area contributed by atoms with Crippen molar-refractivity contribution in [2.24, 2.45) is 0 Å². The molecule has 1 aromatic rings. The zero-order chi connectivity index (χ0) is 14.5. The second kappa shape index (κ2) is 6.43. The molecule has 2 N–H and O–H groups in total. The lowest BCUT2D eigenvalue weighted by Crippen LogP contribution is -2.37. The van der Waals surface area contributed by atoms with E-state index in [2.05, 4.69) is 5.32 Å². The average Bonchev–Trinajstić information content (AvgIpc) is 2.43. The highest BCUT2D eigenvalue weighted by molar-refractivity contribution is 5.77. The first kappa shape index (κ1) is 15.3. The lowest BCUT2D eigenvalue weighted by molar-refractivity contribution is -0.124. The van der Waals surface area contributed by atoms with Crippen LogP contribution in [0.5, 0.6) is 11.5 Å². The number of hydrogen-bond donors (Lipinski definition) is 2. The van der Waals surface area contributed by atoms with Crippen molar-refractivity contribution in [3.05, 3.63) is 23.8 Å². The van der Waals surface area contributed by atoms with Gasteiger partial charge in [-0.05, 0) is 17.7 Å². The Balaban J connectivity index is 2.91. The number of aliphatic hydroxyl groups is 1. The molecule has 0 atom stereocenters. The molecule has 0 fully saturated rings. The predicted octanol–water partition coefficient (Wildman–Crippen LogP) is 1.09. The number of methoxy groups -OCH3 is 2. The molecular weight excluding hydrogens is 246 g/mol.